The number of carbonyl (C=O) groups excluding carboxylic acids is 2. The third-order valence-electron chi connectivity index (χ3n) is 5.59. The maximum absolute atomic E-state index is 12.9. The molecule has 0 unspecified atom stereocenters. The summed E-state index contributed by atoms with van der Waals surface area (Å²) < 4.78 is 1.22. The standard InChI is InChI=1S/C22H23N5O2S/c28-20-13-27(18-7-3-1-5-16(18)23-20)22(29)15-26-11-9-25(10-12-26)14-21-24-17-6-2-4-8-19(17)30-21/h1-8H,9-15H2,(H,23,28). The molecular formula is C22H23N5O2S. The molecule has 5 rings (SSSR count). The predicted octanol–water partition coefficient (Wildman–Crippen LogP) is 2.40. The van der Waals surface area contributed by atoms with Gasteiger partial charge >= 0.3 is 0 Å². The van der Waals surface area contributed by atoms with Crippen molar-refractivity contribution in [1.82, 2.24) is 14.8 Å². The summed E-state index contributed by atoms with van der Waals surface area (Å²) >= 11 is 1.75. The van der Waals surface area contributed by atoms with Crippen LogP contribution in [0.25, 0.3) is 10.2 Å². The number of para-hydroxylation sites is 3. The highest BCUT2D eigenvalue weighted by Gasteiger charge is 2.28. The van der Waals surface area contributed by atoms with Crippen molar-refractivity contribution in [3.63, 3.8) is 0 Å². The molecule has 1 N–H and O–H groups in total. The highest BCUT2D eigenvalue weighted by molar-refractivity contribution is 7.18. The summed E-state index contributed by atoms with van der Waals surface area (Å²) in [5, 5.41) is 3.96. The molecule has 0 atom stereocenters. The Balaban J connectivity index is 1.17. The third kappa shape index (κ3) is 3.94. The van der Waals surface area contributed by atoms with Gasteiger partial charge in [0.25, 0.3) is 0 Å². The summed E-state index contributed by atoms with van der Waals surface area (Å²) in [6.45, 7) is 4.72. The van der Waals surface area contributed by atoms with Crippen molar-refractivity contribution in [2.75, 3.05) is 49.5 Å². The van der Waals surface area contributed by atoms with E-state index in [0.717, 1.165) is 48.9 Å². The number of nitrogens with one attached hydrogen (secondary N) is 1. The van der Waals surface area contributed by atoms with E-state index in [1.807, 2.05) is 36.4 Å². The van der Waals surface area contributed by atoms with Gasteiger partial charge in [0.2, 0.25) is 11.8 Å². The highest BCUT2D eigenvalue weighted by Crippen LogP contribution is 2.29. The molecule has 0 spiro atoms. The van der Waals surface area contributed by atoms with Crippen molar-refractivity contribution in [3.05, 3.63) is 53.5 Å². The first-order valence-corrected chi connectivity index (χ1v) is 11.0. The number of aromatic nitrogens is 1. The van der Waals surface area contributed by atoms with Crippen LogP contribution < -0.4 is 10.2 Å². The van der Waals surface area contributed by atoms with E-state index in [-0.39, 0.29) is 18.4 Å². The van der Waals surface area contributed by atoms with Gasteiger partial charge in [-0.15, -0.1) is 11.3 Å². The number of hydrogen-bond acceptors (Lipinski definition) is 6. The maximum Gasteiger partial charge on any atom is 0.244 e. The van der Waals surface area contributed by atoms with Crippen LogP contribution >= 0.6 is 11.3 Å². The van der Waals surface area contributed by atoms with Crippen LogP contribution in [0.3, 0.4) is 0 Å². The molecular weight excluding hydrogens is 398 g/mol. The Bertz CT molecular complexity index is 1060. The fraction of sp³-hybridized carbons (Fsp3) is 0.318. The molecule has 1 saturated heterocycles. The van der Waals surface area contributed by atoms with E-state index in [1.165, 1.54) is 4.70 Å². The van der Waals surface area contributed by atoms with E-state index in [4.69, 9.17) is 4.98 Å². The number of amides is 2. The molecule has 0 saturated carbocycles. The van der Waals surface area contributed by atoms with Crippen LogP contribution in [-0.2, 0) is 16.1 Å². The molecule has 0 aliphatic carbocycles. The normalized spacial score (nSPS) is 17.7. The van der Waals surface area contributed by atoms with E-state index in [9.17, 15) is 9.59 Å². The first-order valence-electron chi connectivity index (χ1n) is 10.1. The lowest BCUT2D eigenvalue weighted by Crippen LogP contribution is -2.51. The van der Waals surface area contributed by atoms with Gasteiger partial charge < -0.3 is 5.32 Å². The lowest BCUT2D eigenvalue weighted by molar-refractivity contribution is -0.123. The van der Waals surface area contributed by atoms with Crippen LogP contribution in [0.2, 0.25) is 0 Å². The molecule has 1 fully saturated rings. The van der Waals surface area contributed by atoms with Crippen LogP contribution in [0.15, 0.2) is 48.5 Å². The van der Waals surface area contributed by atoms with Crippen molar-refractivity contribution in [2.24, 2.45) is 0 Å². The highest BCUT2D eigenvalue weighted by atomic mass is 32.1. The number of piperazine rings is 1. The molecule has 7 nitrogen and oxygen atoms in total. The first kappa shape index (κ1) is 19.2. The van der Waals surface area contributed by atoms with Gasteiger partial charge in [0.1, 0.15) is 11.6 Å². The molecule has 2 aliphatic heterocycles. The lowest BCUT2D eigenvalue weighted by atomic mass is 10.2. The van der Waals surface area contributed by atoms with E-state index in [0.29, 0.717) is 12.2 Å². The first-order chi connectivity index (χ1) is 14.7. The average molecular weight is 422 g/mol. The summed E-state index contributed by atoms with van der Waals surface area (Å²) in [7, 11) is 0. The second-order valence-electron chi connectivity index (χ2n) is 7.67. The number of nitrogens with zero attached hydrogens (tertiary/aromatic N) is 4. The smallest absolute Gasteiger partial charge is 0.244 e. The van der Waals surface area contributed by atoms with Gasteiger partial charge in [-0.25, -0.2) is 4.98 Å². The minimum atomic E-state index is -0.150. The molecule has 0 radical (unpaired) electrons. The minimum absolute atomic E-state index is 0.0306. The zero-order valence-electron chi connectivity index (χ0n) is 16.6. The van der Waals surface area contributed by atoms with Crippen molar-refractivity contribution < 1.29 is 9.59 Å². The van der Waals surface area contributed by atoms with Gasteiger partial charge in [0.15, 0.2) is 0 Å². The maximum atomic E-state index is 12.9. The number of hydrogen-bond donors (Lipinski definition) is 1. The van der Waals surface area contributed by atoms with Crippen molar-refractivity contribution in [1.29, 1.82) is 0 Å². The van der Waals surface area contributed by atoms with Gasteiger partial charge in [-0.3, -0.25) is 24.3 Å². The number of carbonyl (C=O) groups is 2. The predicted molar refractivity (Wildman–Crippen MR) is 119 cm³/mol. The van der Waals surface area contributed by atoms with E-state index in [1.54, 1.807) is 16.2 Å². The Morgan fingerprint density at radius 1 is 1.00 bits per heavy atom. The number of anilines is 2. The molecule has 3 heterocycles. The SMILES string of the molecule is O=C1CN(C(=O)CN2CCN(Cc3nc4ccccc4s3)CC2)c2ccccc2N1. The minimum Gasteiger partial charge on any atom is -0.323 e. The van der Waals surface area contributed by atoms with E-state index >= 15 is 0 Å². The second-order valence-corrected chi connectivity index (χ2v) is 8.79. The van der Waals surface area contributed by atoms with Crippen molar-refractivity contribution in [3.8, 4) is 0 Å². The van der Waals surface area contributed by atoms with Gasteiger partial charge in [-0.1, -0.05) is 24.3 Å². The molecule has 154 valence electrons. The number of fused-ring (bicyclic) bond motifs is 2. The molecule has 2 amide bonds. The van der Waals surface area contributed by atoms with Crippen LogP contribution in [0.4, 0.5) is 11.4 Å². The second kappa shape index (κ2) is 8.14. The molecule has 2 aliphatic rings. The van der Waals surface area contributed by atoms with Gasteiger partial charge in [-0.05, 0) is 24.3 Å². The zero-order chi connectivity index (χ0) is 20.5. The Kier molecular flexibility index (Phi) is 5.20. The average Bonchev–Trinajstić information content (AvgIpc) is 3.16. The number of benzene rings is 2. The van der Waals surface area contributed by atoms with Gasteiger partial charge in [0, 0.05) is 26.2 Å². The lowest BCUT2D eigenvalue weighted by Gasteiger charge is -2.36. The Hall–Kier alpha value is -2.81. The van der Waals surface area contributed by atoms with Crippen LogP contribution in [0.1, 0.15) is 5.01 Å². The largest absolute Gasteiger partial charge is 0.323 e. The molecule has 0 bridgehead atoms. The quantitative estimate of drug-likeness (QED) is 0.701. The molecule has 30 heavy (non-hydrogen) atoms. The fourth-order valence-electron chi connectivity index (χ4n) is 4.02. The summed E-state index contributed by atoms with van der Waals surface area (Å²) in [6, 6.07) is 15.7. The topological polar surface area (TPSA) is 68.8 Å². The Morgan fingerprint density at radius 3 is 2.57 bits per heavy atom. The Morgan fingerprint density at radius 2 is 1.73 bits per heavy atom. The number of thiazole rings is 1. The fourth-order valence-corrected chi connectivity index (χ4v) is 5.03. The van der Waals surface area contributed by atoms with Crippen LogP contribution in [-0.4, -0.2) is 65.9 Å². The molecule has 8 heteroatoms. The van der Waals surface area contributed by atoms with Crippen molar-refractivity contribution in [2.45, 2.75) is 6.54 Å². The summed E-state index contributed by atoms with van der Waals surface area (Å²) in [5.41, 5.74) is 2.53. The molecule has 2 aromatic carbocycles. The third-order valence-corrected chi connectivity index (χ3v) is 6.61. The summed E-state index contributed by atoms with van der Waals surface area (Å²) in [5.74, 6) is -0.181. The van der Waals surface area contributed by atoms with Crippen LogP contribution in [0, 0.1) is 0 Å². The van der Waals surface area contributed by atoms with Crippen molar-refractivity contribution >= 4 is 44.7 Å². The number of rotatable bonds is 4. The summed E-state index contributed by atoms with van der Waals surface area (Å²) in [4.78, 5) is 35.8. The van der Waals surface area contributed by atoms with Crippen LogP contribution in [0.5, 0.6) is 0 Å². The van der Waals surface area contributed by atoms with E-state index < -0.39 is 0 Å². The monoisotopic (exact) mass is 421 g/mol. The Labute approximate surface area is 178 Å². The van der Waals surface area contributed by atoms with E-state index in [2.05, 4.69) is 27.2 Å². The van der Waals surface area contributed by atoms with Gasteiger partial charge in [0.05, 0.1) is 34.7 Å². The molecule has 3 aromatic rings. The molecule has 1 aromatic heterocycles. The zero-order valence-corrected chi connectivity index (χ0v) is 17.4. The van der Waals surface area contributed by atoms with Gasteiger partial charge in [-0.2, -0.15) is 0 Å². The summed E-state index contributed by atoms with van der Waals surface area (Å²) in [6.07, 6.45) is 0.